The molecule has 0 saturated carbocycles. The number of rotatable bonds is 6. The summed E-state index contributed by atoms with van der Waals surface area (Å²) in [6, 6.07) is 12.6. The average Bonchev–Trinajstić information content (AvgIpc) is 3.19. The maximum atomic E-state index is 5.99. The molecule has 120 valence electrons. The van der Waals surface area contributed by atoms with Gasteiger partial charge in [0.25, 0.3) is 0 Å². The fraction of sp³-hybridized carbons (Fsp3) is 0.278. The van der Waals surface area contributed by atoms with Crippen molar-refractivity contribution in [3.63, 3.8) is 0 Å². The van der Waals surface area contributed by atoms with E-state index >= 15 is 0 Å². The van der Waals surface area contributed by atoms with Crippen LogP contribution in [0.4, 0.5) is 0 Å². The topological polar surface area (TPSA) is 24.9 Å². The number of aromatic nitrogens is 1. The highest BCUT2D eigenvalue weighted by molar-refractivity contribution is 7.20. The lowest BCUT2D eigenvalue weighted by Gasteiger charge is -2.22. The van der Waals surface area contributed by atoms with Crippen molar-refractivity contribution >= 4 is 34.3 Å². The van der Waals surface area contributed by atoms with Crippen molar-refractivity contribution in [3.8, 4) is 9.88 Å². The maximum Gasteiger partial charge on any atom is 0.133 e. The number of thiazole rings is 1. The van der Waals surface area contributed by atoms with E-state index in [9.17, 15) is 0 Å². The Morgan fingerprint density at radius 3 is 2.57 bits per heavy atom. The predicted molar refractivity (Wildman–Crippen MR) is 101 cm³/mol. The number of hydrogen-bond acceptors (Lipinski definition) is 4. The van der Waals surface area contributed by atoms with Crippen LogP contribution in [0.25, 0.3) is 9.88 Å². The highest BCUT2D eigenvalue weighted by Gasteiger charge is 2.16. The highest BCUT2D eigenvalue weighted by Crippen LogP contribution is 2.28. The van der Waals surface area contributed by atoms with E-state index in [2.05, 4.69) is 54.2 Å². The molecule has 2 nitrogen and oxygen atoms in total. The molecule has 0 fully saturated rings. The van der Waals surface area contributed by atoms with Crippen molar-refractivity contribution in [2.75, 3.05) is 0 Å². The van der Waals surface area contributed by atoms with E-state index in [4.69, 9.17) is 16.6 Å². The molecule has 0 unspecified atom stereocenters. The van der Waals surface area contributed by atoms with Crippen LogP contribution in [0.15, 0.2) is 47.2 Å². The number of nitrogens with one attached hydrogen (secondary N) is 1. The summed E-state index contributed by atoms with van der Waals surface area (Å²) in [5.41, 5.74) is 2.36. The molecule has 1 N–H and O–H groups in total. The number of halogens is 1. The quantitative estimate of drug-likeness (QED) is 0.580. The molecule has 0 aliphatic carbocycles. The van der Waals surface area contributed by atoms with Crippen molar-refractivity contribution in [2.24, 2.45) is 5.92 Å². The summed E-state index contributed by atoms with van der Waals surface area (Å²) in [5.74, 6) is 0.492. The number of thiophene rings is 1. The lowest BCUT2D eigenvalue weighted by Crippen LogP contribution is -2.25. The van der Waals surface area contributed by atoms with Crippen LogP contribution in [0.3, 0.4) is 0 Å². The summed E-state index contributed by atoms with van der Waals surface area (Å²) < 4.78 is 0. The lowest BCUT2D eigenvalue weighted by atomic mass is 9.96. The standard InChI is InChI=1S/C18H19ClN2S2/c1-12(2)17(13-5-7-14(19)8-6-13)20-10-15-11-23-18(21-15)16-4-3-9-22-16/h3-9,11-12,17,20H,10H2,1-2H3/t17-/m0/s1. The van der Waals surface area contributed by atoms with E-state index in [0.29, 0.717) is 12.0 Å². The number of nitrogens with zero attached hydrogens (tertiary/aromatic N) is 1. The average molecular weight is 363 g/mol. The molecule has 0 aliphatic rings. The summed E-state index contributed by atoms with van der Waals surface area (Å²) in [6.07, 6.45) is 0. The van der Waals surface area contributed by atoms with Crippen molar-refractivity contribution in [1.29, 1.82) is 0 Å². The fourth-order valence-corrected chi connectivity index (χ4v) is 4.28. The van der Waals surface area contributed by atoms with Gasteiger partial charge in [0.05, 0.1) is 10.6 Å². The van der Waals surface area contributed by atoms with Gasteiger partial charge in [-0.2, -0.15) is 0 Å². The molecule has 5 heteroatoms. The molecule has 2 aromatic heterocycles. The third-order valence-electron chi connectivity index (χ3n) is 3.68. The SMILES string of the molecule is CC(C)[C@H](NCc1csc(-c2cccs2)n1)c1ccc(Cl)cc1. The van der Waals surface area contributed by atoms with Gasteiger partial charge in [0, 0.05) is 23.0 Å². The molecule has 0 aliphatic heterocycles. The molecule has 23 heavy (non-hydrogen) atoms. The van der Waals surface area contributed by atoms with Gasteiger partial charge in [0.15, 0.2) is 0 Å². The van der Waals surface area contributed by atoms with Gasteiger partial charge in [-0.3, -0.25) is 0 Å². The van der Waals surface area contributed by atoms with Crippen LogP contribution in [0.5, 0.6) is 0 Å². The molecule has 0 radical (unpaired) electrons. The largest absolute Gasteiger partial charge is 0.304 e. The van der Waals surface area contributed by atoms with Crippen LogP contribution in [-0.4, -0.2) is 4.98 Å². The van der Waals surface area contributed by atoms with Crippen LogP contribution in [0.1, 0.15) is 31.1 Å². The van der Waals surface area contributed by atoms with Crippen molar-refractivity contribution in [2.45, 2.75) is 26.4 Å². The van der Waals surface area contributed by atoms with Gasteiger partial charge >= 0.3 is 0 Å². The molecular formula is C18H19ClN2S2. The first-order chi connectivity index (χ1) is 11.1. The van der Waals surface area contributed by atoms with Crippen molar-refractivity contribution < 1.29 is 0 Å². The van der Waals surface area contributed by atoms with Crippen LogP contribution >= 0.6 is 34.3 Å². The first-order valence-electron chi connectivity index (χ1n) is 7.60. The van der Waals surface area contributed by atoms with Gasteiger partial charge in [-0.15, -0.1) is 22.7 Å². The monoisotopic (exact) mass is 362 g/mol. The zero-order chi connectivity index (χ0) is 16.2. The second-order valence-electron chi connectivity index (χ2n) is 5.78. The second-order valence-corrected chi connectivity index (χ2v) is 8.02. The number of hydrogen-bond donors (Lipinski definition) is 1. The van der Waals surface area contributed by atoms with Crippen molar-refractivity contribution in [1.82, 2.24) is 10.3 Å². The smallest absolute Gasteiger partial charge is 0.133 e. The van der Waals surface area contributed by atoms with Gasteiger partial charge in [0.2, 0.25) is 0 Å². The molecule has 0 spiro atoms. The Labute approximate surface area is 150 Å². The van der Waals surface area contributed by atoms with Crippen LogP contribution in [-0.2, 0) is 6.54 Å². The first-order valence-corrected chi connectivity index (χ1v) is 9.74. The van der Waals surface area contributed by atoms with Gasteiger partial charge in [0.1, 0.15) is 5.01 Å². The minimum Gasteiger partial charge on any atom is -0.304 e. The molecular weight excluding hydrogens is 344 g/mol. The van der Waals surface area contributed by atoms with E-state index in [0.717, 1.165) is 22.3 Å². The fourth-order valence-electron chi connectivity index (χ4n) is 2.52. The van der Waals surface area contributed by atoms with Gasteiger partial charge < -0.3 is 5.32 Å². The molecule has 0 bridgehead atoms. The Balaban J connectivity index is 1.68. The third-order valence-corrected chi connectivity index (χ3v) is 5.86. The zero-order valence-electron chi connectivity index (χ0n) is 13.1. The summed E-state index contributed by atoms with van der Waals surface area (Å²) in [5, 5.41) is 9.74. The minimum atomic E-state index is 0.291. The molecule has 3 rings (SSSR count). The van der Waals surface area contributed by atoms with Gasteiger partial charge in [-0.25, -0.2) is 4.98 Å². The van der Waals surface area contributed by atoms with Crippen LogP contribution in [0, 0.1) is 5.92 Å². The van der Waals surface area contributed by atoms with Crippen molar-refractivity contribution in [3.05, 3.63) is 63.4 Å². The van der Waals surface area contributed by atoms with E-state index < -0.39 is 0 Å². The maximum absolute atomic E-state index is 5.99. The Morgan fingerprint density at radius 1 is 1.13 bits per heavy atom. The molecule has 1 atom stereocenters. The third kappa shape index (κ3) is 4.21. The lowest BCUT2D eigenvalue weighted by molar-refractivity contribution is 0.409. The molecule has 3 aromatic rings. The van der Waals surface area contributed by atoms with Crippen LogP contribution < -0.4 is 5.32 Å². The first kappa shape index (κ1) is 16.7. The van der Waals surface area contributed by atoms with Gasteiger partial charge in [-0.05, 0) is 35.1 Å². The molecule has 1 aromatic carbocycles. The number of benzene rings is 1. The molecule has 0 amide bonds. The normalized spacial score (nSPS) is 12.7. The summed E-state index contributed by atoms with van der Waals surface area (Å²) in [7, 11) is 0. The zero-order valence-corrected chi connectivity index (χ0v) is 15.5. The second kappa shape index (κ2) is 7.58. The van der Waals surface area contributed by atoms with E-state index in [-0.39, 0.29) is 0 Å². The summed E-state index contributed by atoms with van der Waals surface area (Å²) in [4.78, 5) is 5.97. The Morgan fingerprint density at radius 2 is 1.91 bits per heavy atom. The van der Waals surface area contributed by atoms with E-state index in [1.807, 2.05) is 12.1 Å². The van der Waals surface area contributed by atoms with E-state index in [1.165, 1.54) is 10.4 Å². The summed E-state index contributed by atoms with van der Waals surface area (Å²) >= 11 is 9.43. The van der Waals surface area contributed by atoms with Crippen LogP contribution in [0.2, 0.25) is 5.02 Å². The predicted octanol–water partition coefficient (Wildman–Crippen LogP) is 6.01. The minimum absolute atomic E-state index is 0.291. The molecule has 2 heterocycles. The summed E-state index contributed by atoms with van der Waals surface area (Å²) in [6.45, 7) is 5.22. The van der Waals surface area contributed by atoms with Gasteiger partial charge in [-0.1, -0.05) is 43.6 Å². The molecule has 0 saturated heterocycles. The Hall–Kier alpha value is -1.20. The highest BCUT2D eigenvalue weighted by atomic mass is 35.5. The Kier molecular flexibility index (Phi) is 5.49. The van der Waals surface area contributed by atoms with E-state index in [1.54, 1.807) is 22.7 Å². The Bertz CT molecular complexity index is 733.